The van der Waals surface area contributed by atoms with Gasteiger partial charge in [-0.3, -0.25) is 14.4 Å². The van der Waals surface area contributed by atoms with Crippen LogP contribution < -0.4 is 10.6 Å². The van der Waals surface area contributed by atoms with E-state index in [0.29, 0.717) is 18.5 Å². The highest BCUT2D eigenvalue weighted by molar-refractivity contribution is 7.08. The maximum absolute atomic E-state index is 12.9. The van der Waals surface area contributed by atoms with E-state index < -0.39 is 22.7 Å². The van der Waals surface area contributed by atoms with Crippen LogP contribution in [0.1, 0.15) is 28.8 Å². The summed E-state index contributed by atoms with van der Waals surface area (Å²) in [5.41, 5.74) is -0.583. The van der Waals surface area contributed by atoms with Gasteiger partial charge >= 0.3 is 6.18 Å². The van der Waals surface area contributed by atoms with Crippen molar-refractivity contribution in [1.29, 1.82) is 0 Å². The summed E-state index contributed by atoms with van der Waals surface area (Å²) in [5.74, 6) is -1.20. The molecule has 0 unspecified atom stereocenters. The van der Waals surface area contributed by atoms with E-state index in [2.05, 4.69) is 10.6 Å². The molecule has 0 atom stereocenters. The molecule has 11 heteroatoms. The van der Waals surface area contributed by atoms with Crippen LogP contribution in [0.2, 0.25) is 5.02 Å². The second-order valence-electron chi connectivity index (χ2n) is 6.36. The van der Waals surface area contributed by atoms with Gasteiger partial charge in [0.2, 0.25) is 11.8 Å². The molecule has 0 aliphatic heterocycles. The Kier molecular flexibility index (Phi) is 8.24. The van der Waals surface area contributed by atoms with Gasteiger partial charge < -0.3 is 15.5 Å². The number of hydrogen-bond donors (Lipinski definition) is 2. The average molecular weight is 462 g/mol. The van der Waals surface area contributed by atoms with Crippen molar-refractivity contribution in [3.8, 4) is 0 Å². The zero-order valence-corrected chi connectivity index (χ0v) is 17.5. The third-order valence-electron chi connectivity index (χ3n) is 4.00. The predicted octanol–water partition coefficient (Wildman–Crippen LogP) is 4.03. The quantitative estimate of drug-likeness (QED) is 0.583. The monoisotopic (exact) mass is 461 g/mol. The SMILES string of the molecule is CN(CC(=O)Nc1ccc(Cl)c(C(F)(F)F)c1)C(=O)CCCNC(=O)c1ccsc1. The highest BCUT2D eigenvalue weighted by Crippen LogP contribution is 2.36. The van der Waals surface area contributed by atoms with Crippen LogP contribution >= 0.6 is 22.9 Å². The van der Waals surface area contributed by atoms with Crippen LogP contribution in [0, 0.1) is 0 Å². The number of rotatable bonds is 8. The van der Waals surface area contributed by atoms with E-state index in [0.717, 1.165) is 17.0 Å². The lowest BCUT2D eigenvalue weighted by molar-refractivity contribution is -0.137. The zero-order valence-electron chi connectivity index (χ0n) is 15.9. The summed E-state index contributed by atoms with van der Waals surface area (Å²) in [4.78, 5) is 37.1. The fraction of sp³-hybridized carbons (Fsp3) is 0.316. The number of thiophene rings is 1. The first-order valence-electron chi connectivity index (χ1n) is 8.79. The first kappa shape index (κ1) is 23.7. The summed E-state index contributed by atoms with van der Waals surface area (Å²) in [6, 6.07) is 4.71. The smallest absolute Gasteiger partial charge is 0.352 e. The van der Waals surface area contributed by atoms with Gasteiger partial charge in [0.15, 0.2) is 0 Å². The Bertz CT molecular complexity index is 904. The number of halogens is 4. The summed E-state index contributed by atoms with van der Waals surface area (Å²) >= 11 is 6.94. The van der Waals surface area contributed by atoms with E-state index in [-0.39, 0.29) is 30.5 Å². The van der Waals surface area contributed by atoms with Crippen LogP contribution in [-0.4, -0.2) is 42.8 Å². The summed E-state index contributed by atoms with van der Waals surface area (Å²) in [6.45, 7) is -0.0322. The molecule has 162 valence electrons. The average Bonchev–Trinajstić information content (AvgIpc) is 3.20. The van der Waals surface area contributed by atoms with Crippen LogP contribution in [0.5, 0.6) is 0 Å². The highest BCUT2D eigenvalue weighted by Gasteiger charge is 2.33. The maximum Gasteiger partial charge on any atom is 0.417 e. The van der Waals surface area contributed by atoms with Crippen molar-refractivity contribution in [1.82, 2.24) is 10.2 Å². The molecular formula is C19H19ClF3N3O3S. The van der Waals surface area contributed by atoms with Gasteiger partial charge in [0.1, 0.15) is 0 Å². The van der Waals surface area contributed by atoms with Crippen molar-refractivity contribution in [2.45, 2.75) is 19.0 Å². The molecule has 0 saturated heterocycles. The van der Waals surface area contributed by atoms with Crippen molar-refractivity contribution in [2.75, 3.05) is 25.5 Å². The van der Waals surface area contributed by atoms with Crippen molar-refractivity contribution in [2.24, 2.45) is 0 Å². The van der Waals surface area contributed by atoms with Gasteiger partial charge in [0, 0.05) is 36.6 Å². The van der Waals surface area contributed by atoms with E-state index in [9.17, 15) is 27.6 Å². The molecule has 0 spiro atoms. The molecule has 0 aliphatic carbocycles. The molecule has 3 amide bonds. The minimum atomic E-state index is -4.65. The molecule has 1 heterocycles. The number of carbonyl (C=O) groups is 3. The Hall–Kier alpha value is -2.59. The minimum absolute atomic E-state index is 0.0753. The normalized spacial score (nSPS) is 11.1. The largest absolute Gasteiger partial charge is 0.417 e. The third-order valence-corrected chi connectivity index (χ3v) is 5.01. The van der Waals surface area contributed by atoms with Crippen LogP contribution in [0.25, 0.3) is 0 Å². The standard InChI is InChI=1S/C19H19ClF3N3O3S/c1-26(17(28)3-2-7-24-18(29)12-6-8-30-11-12)10-16(27)25-13-4-5-15(20)14(9-13)19(21,22)23/h4-6,8-9,11H,2-3,7,10H2,1H3,(H,24,29)(H,25,27). The van der Waals surface area contributed by atoms with Gasteiger partial charge in [0.05, 0.1) is 17.1 Å². The molecule has 2 aromatic rings. The van der Waals surface area contributed by atoms with Crippen LogP contribution in [-0.2, 0) is 15.8 Å². The van der Waals surface area contributed by atoms with Gasteiger partial charge in [-0.05, 0) is 36.1 Å². The first-order valence-corrected chi connectivity index (χ1v) is 10.1. The molecular weight excluding hydrogens is 443 g/mol. The Morgan fingerprint density at radius 3 is 2.57 bits per heavy atom. The Morgan fingerprint density at radius 2 is 1.93 bits per heavy atom. The maximum atomic E-state index is 12.9. The van der Waals surface area contributed by atoms with E-state index in [4.69, 9.17) is 11.6 Å². The highest BCUT2D eigenvalue weighted by atomic mass is 35.5. The van der Waals surface area contributed by atoms with Crippen LogP contribution in [0.15, 0.2) is 35.0 Å². The summed E-state index contributed by atoms with van der Waals surface area (Å²) in [6.07, 6.45) is -4.16. The molecule has 1 aromatic heterocycles. The fourth-order valence-electron chi connectivity index (χ4n) is 2.45. The molecule has 30 heavy (non-hydrogen) atoms. The summed E-state index contributed by atoms with van der Waals surface area (Å²) in [7, 11) is 1.41. The topological polar surface area (TPSA) is 78.5 Å². The second-order valence-corrected chi connectivity index (χ2v) is 7.55. The first-order chi connectivity index (χ1) is 14.1. The number of amides is 3. The van der Waals surface area contributed by atoms with Gasteiger partial charge in [-0.15, -0.1) is 0 Å². The molecule has 0 aliphatic rings. The van der Waals surface area contributed by atoms with Crippen LogP contribution in [0.3, 0.4) is 0 Å². The van der Waals surface area contributed by atoms with E-state index in [1.165, 1.54) is 24.5 Å². The fourth-order valence-corrected chi connectivity index (χ4v) is 3.31. The zero-order chi connectivity index (χ0) is 22.3. The lowest BCUT2D eigenvalue weighted by Gasteiger charge is -2.17. The number of benzene rings is 1. The number of likely N-dealkylation sites (N-methyl/N-ethyl adjacent to an activating group) is 1. The van der Waals surface area contributed by atoms with Crippen molar-refractivity contribution < 1.29 is 27.6 Å². The third kappa shape index (κ3) is 7.03. The van der Waals surface area contributed by atoms with Gasteiger partial charge in [-0.2, -0.15) is 24.5 Å². The minimum Gasteiger partial charge on any atom is -0.352 e. The van der Waals surface area contributed by atoms with Crippen molar-refractivity contribution >= 4 is 46.3 Å². The van der Waals surface area contributed by atoms with E-state index >= 15 is 0 Å². The van der Waals surface area contributed by atoms with Gasteiger partial charge in [-0.1, -0.05) is 11.6 Å². The van der Waals surface area contributed by atoms with Gasteiger partial charge in [-0.25, -0.2) is 0 Å². The Balaban J connectivity index is 1.77. The predicted molar refractivity (Wildman–Crippen MR) is 109 cm³/mol. The molecule has 2 rings (SSSR count). The molecule has 0 bridgehead atoms. The van der Waals surface area contributed by atoms with E-state index in [1.54, 1.807) is 16.8 Å². The summed E-state index contributed by atoms with van der Waals surface area (Å²) < 4.78 is 38.7. The second kappa shape index (κ2) is 10.4. The molecule has 1 aromatic carbocycles. The van der Waals surface area contributed by atoms with E-state index in [1.807, 2.05) is 0 Å². The number of nitrogens with one attached hydrogen (secondary N) is 2. The lowest BCUT2D eigenvalue weighted by atomic mass is 10.2. The molecule has 0 radical (unpaired) electrons. The van der Waals surface area contributed by atoms with Gasteiger partial charge in [0.25, 0.3) is 5.91 Å². The molecule has 0 fully saturated rings. The molecule has 6 nitrogen and oxygen atoms in total. The van der Waals surface area contributed by atoms with Crippen molar-refractivity contribution in [3.05, 3.63) is 51.2 Å². The summed E-state index contributed by atoms with van der Waals surface area (Å²) in [5, 5.41) is 8.03. The van der Waals surface area contributed by atoms with Crippen LogP contribution in [0.4, 0.5) is 18.9 Å². The van der Waals surface area contributed by atoms with Crippen molar-refractivity contribution in [3.63, 3.8) is 0 Å². The molecule has 0 saturated carbocycles. The number of nitrogens with zero attached hydrogens (tertiary/aromatic N) is 1. The number of carbonyl (C=O) groups excluding carboxylic acids is 3. The number of hydrogen-bond acceptors (Lipinski definition) is 4. The number of alkyl halides is 3. The Morgan fingerprint density at radius 1 is 1.20 bits per heavy atom. The Labute approximate surface area is 180 Å². The number of anilines is 1. The molecule has 2 N–H and O–H groups in total. The lowest BCUT2D eigenvalue weighted by Crippen LogP contribution is -2.35.